The maximum absolute atomic E-state index is 12.8. The molecule has 0 fully saturated rings. The third-order valence-electron chi connectivity index (χ3n) is 5.25. The van der Waals surface area contributed by atoms with Gasteiger partial charge < -0.3 is 24.3 Å². The lowest BCUT2D eigenvalue weighted by Crippen LogP contribution is -2.30. The van der Waals surface area contributed by atoms with Crippen molar-refractivity contribution in [3.8, 4) is 17.2 Å². The summed E-state index contributed by atoms with van der Waals surface area (Å²) in [6.07, 6.45) is 2.27. The van der Waals surface area contributed by atoms with Crippen molar-refractivity contribution in [2.75, 3.05) is 38.8 Å². The second-order valence-electron chi connectivity index (χ2n) is 10.3. The lowest BCUT2D eigenvalue weighted by atomic mass is 9.95. The van der Waals surface area contributed by atoms with Crippen LogP contribution in [0.25, 0.3) is 0 Å². The monoisotopic (exact) mass is 516 g/mol. The molecule has 0 aliphatic heterocycles. The van der Waals surface area contributed by atoms with Gasteiger partial charge in [0.2, 0.25) is 23.5 Å². The van der Waals surface area contributed by atoms with E-state index in [-0.39, 0.29) is 53.9 Å². The van der Waals surface area contributed by atoms with Gasteiger partial charge in [-0.2, -0.15) is 4.98 Å². The Bertz CT molecular complexity index is 1150. The first-order valence-electron chi connectivity index (χ1n) is 11.6. The van der Waals surface area contributed by atoms with E-state index in [2.05, 4.69) is 20.6 Å². The highest BCUT2D eigenvalue weighted by molar-refractivity contribution is 5.96. The fraction of sp³-hybridized carbons (Fsp3) is 0.500. The van der Waals surface area contributed by atoms with Crippen molar-refractivity contribution < 1.29 is 33.3 Å². The maximum Gasteiger partial charge on any atom is 0.232 e. The van der Waals surface area contributed by atoms with E-state index in [0.717, 1.165) is 0 Å². The molecule has 0 atom stereocenters. The predicted molar refractivity (Wildman–Crippen MR) is 138 cm³/mol. The van der Waals surface area contributed by atoms with E-state index in [1.54, 1.807) is 47.6 Å². The standard InChI is InChI=1S/C26H36N4O7/c1-25(2,3)22(32)28-21-16(12-27-24(29-21)30-23(33)26(4,5)6)10-15-11-18(35-8)20(36-9)19(17(15)13-31)37-14-34-7/h11-13H,10,14H2,1-9H3,(H2,27,28,29,30,32,33). The summed E-state index contributed by atoms with van der Waals surface area (Å²) in [6.45, 7) is 10.5. The molecule has 0 unspecified atom stereocenters. The molecule has 11 nitrogen and oxygen atoms in total. The normalized spacial score (nSPS) is 11.5. The van der Waals surface area contributed by atoms with Crippen molar-refractivity contribution >= 4 is 29.9 Å². The van der Waals surface area contributed by atoms with E-state index in [0.29, 0.717) is 23.2 Å². The molecule has 11 heteroatoms. The van der Waals surface area contributed by atoms with Gasteiger partial charge in [-0.3, -0.25) is 19.7 Å². The largest absolute Gasteiger partial charge is 0.493 e. The number of carbonyl (C=O) groups excluding carboxylic acids is 3. The van der Waals surface area contributed by atoms with Crippen molar-refractivity contribution in [1.29, 1.82) is 0 Å². The first-order chi connectivity index (χ1) is 17.3. The van der Waals surface area contributed by atoms with Crippen LogP contribution in [0.5, 0.6) is 17.2 Å². The number of rotatable bonds is 10. The summed E-state index contributed by atoms with van der Waals surface area (Å²) in [5.41, 5.74) is -0.156. The van der Waals surface area contributed by atoms with Crippen LogP contribution in [-0.4, -0.2) is 56.2 Å². The highest BCUT2D eigenvalue weighted by Gasteiger charge is 2.27. The van der Waals surface area contributed by atoms with Gasteiger partial charge in [-0.1, -0.05) is 41.5 Å². The van der Waals surface area contributed by atoms with Gasteiger partial charge in [-0.25, -0.2) is 4.98 Å². The molecule has 0 bridgehead atoms. The topological polar surface area (TPSA) is 138 Å². The van der Waals surface area contributed by atoms with E-state index in [1.165, 1.54) is 27.5 Å². The maximum atomic E-state index is 12.8. The average Bonchev–Trinajstić information content (AvgIpc) is 2.82. The number of hydrogen-bond donors (Lipinski definition) is 2. The van der Waals surface area contributed by atoms with Gasteiger partial charge in [0, 0.05) is 36.1 Å². The molecule has 1 aromatic heterocycles. The van der Waals surface area contributed by atoms with Gasteiger partial charge in [-0.15, -0.1) is 0 Å². The third-order valence-corrected chi connectivity index (χ3v) is 5.25. The van der Waals surface area contributed by atoms with Crippen LogP contribution in [0.3, 0.4) is 0 Å². The first kappa shape index (κ1) is 29.5. The SMILES string of the molecule is COCOc1c(C=O)c(Cc2cnc(NC(=O)C(C)(C)C)nc2NC(=O)C(C)(C)C)cc(OC)c1OC. The zero-order valence-electron chi connectivity index (χ0n) is 22.9. The highest BCUT2D eigenvalue weighted by Crippen LogP contribution is 2.42. The third kappa shape index (κ3) is 7.39. The van der Waals surface area contributed by atoms with Crippen LogP contribution in [0, 0.1) is 10.8 Å². The van der Waals surface area contributed by atoms with Crippen LogP contribution >= 0.6 is 0 Å². The molecule has 0 aliphatic carbocycles. The summed E-state index contributed by atoms with van der Waals surface area (Å²) >= 11 is 0. The number of benzene rings is 1. The van der Waals surface area contributed by atoms with Crippen LogP contribution < -0.4 is 24.8 Å². The Labute approximate surface area is 217 Å². The summed E-state index contributed by atoms with van der Waals surface area (Å²) in [4.78, 5) is 46.1. The van der Waals surface area contributed by atoms with E-state index >= 15 is 0 Å². The van der Waals surface area contributed by atoms with Crippen LogP contribution in [0.1, 0.15) is 63.0 Å². The molecule has 0 aliphatic rings. The van der Waals surface area contributed by atoms with Gasteiger partial charge in [0.25, 0.3) is 0 Å². The molecule has 1 aromatic carbocycles. The lowest BCUT2D eigenvalue weighted by Gasteiger charge is -2.21. The lowest BCUT2D eigenvalue weighted by molar-refractivity contribution is -0.123. The van der Waals surface area contributed by atoms with Gasteiger partial charge >= 0.3 is 0 Å². The Kier molecular flexibility index (Phi) is 9.57. The number of aromatic nitrogens is 2. The second kappa shape index (κ2) is 12.0. The minimum Gasteiger partial charge on any atom is -0.493 e. The quantitative estimate of drug-likeness (QED) is 0.356. The number of nitrogens with one attached hydrogen (secondary N) is 2. The van der Waals surface area contributed by atoms with Crippen LogP contribution in [-0.2, 0) is 20.7 Å². The Balaban J connectivity index is 2.63. The molecule has 2 rings (SSSR count). The molecule has 2 aromatic rings. The molecule has 1 heterocycles. The number of aldehydes is 1. The average molecular weight is 517 g/mol. The van der Waals surface area contributed by atoms with Crippen molar-refractivity contribution in [2.24, 2.45) is 10.8 Å². The number of ether oxygens (including phenoxy) is 4. The van der Waals surface area contributed by atoms with Gasteiger partial charge in [0.1, 0.15) is 5.82 Å². The van der Waals surface area contributed by atoms with E-state index < -0.39 is 10.8 Å². The fourth-order valence-electron chi connectivity index (χ4n) is 3.06. The number of carbonyl (C=O) groups is 3. The minimum absolute atomic E-state index is 0.0416. The molecule has 0 spiro atoms. The summed E-state index contributed by atoms with van der Waals surface area (Å²) in [5.74, 6) is 0.408. The van der Waals surface area contributed by atoms with Crippen molar-refractivity contribution in [1.82, 2.24) is 9.97 Å². The number of methoxy groups -OCH3 is 3. The van der Waals surface area contributed by atoms with E-state index in [1.807, 2.05) is 0 Å². The molecular formula is C26H36N4O7. The molecule has 202 valence electrons. The predicted octanol–water partition coefficient (Wildman–Crippen LogP) is 3.85. The van der Waals surface area contributed by atoms with Gasteiger partial charge in [0.05, 0.1) is 19.8 Å². The molecule has 2 N–H and O–H groups in total. The number of hydrogen-bond acceptors (Lipinski definition) is 9. The summed E-state index contributed by atoms with van der Waals surface area (Å²) < 4.78 is 21.5. The van der Waals surface area contributed by atoms with Crippen LogP contribution in [0.15, 0.2) is 12.3 Å². The zero-order valence-corrected chi connectivity index (χ0v) is 22.9. The van der Waals surface area contributed by atoms with E-state index in [4.69, 9.17) is 18.9 Å². The first-order valence-corrected chi connectivity index (χ1v) is 11.6. The summed E-state index contributed by atoms with van der Waals surface area (Å²) in [7, 11) is 4.35. The minimum atomic E-state index is -0.713. The molecule has 0 radical (unpaired) electrons. The van der Waals surface area contributed by atoms with Crippen molar-refractivity contribution in [2.45, 2.75) is 48.0 Å². The molecular weight excluding hydrogens is 480 g/mol. The smallest absolute Gasteiger partial charge is 0.232 e. The van der Waals surface area contributed by atoms with Crippen LogP contribution in [0.4, 0.5) is 11.8 Å². The van der Waals surface area contributed by atoms with Gasteiger partial charge in [-0.05, 0) is 11.6 Å². The van der Waals surface area contributed by atoms with Gasteiger partial charge in [0.15, 0.2) is 24.6 Å². The molecule has 37 heavy (non-hydrogen) atoms. The highest BCUT2D eigenvalue weighted by atomic mass is 16.7. The van der Waals surface area contributed by atoms with Crippen LogP contribution in [0.2, 0.25) is 0 Å². The molecule has 2 amide bonds. The zero-order chi connectivity index (χ0) is 28.0. The second-order valence-corrected chi connectivity index (χ2v) is 10.3. The van der Waals surface area contributed by atoms with Crippen molar-refractivity contribution in [3.63, 3.8) is 0 Å². The molecule has 0 saturated carbocycles. The number of amides is 2. The Morgan fingerprint density at radius 2 is 1.54 bits per heavy atom. The Morgan fingerprint density at radius 3 is 2.05 bits per heavy atom. The summed E-state index contributed by atoms with van der Waals surface area (Å²) in [5, 5.41) is 5.50. The van der Waals surface area contributed by atoms with Crippen molar-refractivity contribution in [3.05, 3.63) is 29.0 Å². The Hall–Kier alpha value is -3.73. The number of anilines is 2. The van der Waals surface area contributed by atoms with E-state index in [9.17, 15) is 14.4 Å². The summed E-state index contributed by atoms with van der Waals surface area (Å²) in [6, 6.07) is 1.65. The number of nitrogens with zero attached hydrogens (tertiary/aromatic N) is 2. The Morgan fingerprint density at radius 1 is 0.919 bits per heavy atom. The fourth-order valence-corrected chi connectivity index (χ4v) is 3.06. The molecule has 0 saturated heterocycles.